The minimum absolute atomic E-state index is 0. The van der Waals surface area contributed by atoms with Crippen LogP contribution >= 0.6 is 0 Å². The maximum absolute atomic E-state index is 12.7. The summed E-state index contributed by atoms with van der Waals surface area (Å²) in [6, 6.07) is 10.8. The fourth-order valence-corrected chi connectivity index (χ4v) is 2.52. The van der Waals surface area contributed by atoms with Gasteiger partial charge in [-0.3, -0.25) is 9.59 Å². The Morgan fingerprint density at radius 1 is 1.38 bits per heavy atom. The molecule has 0 bridgehead atoms. The maximum atomic E-state index is 12.7. The van der Waals surface area contributed by atoms with Crippen LogP contribution in [0.5, 0.6) is 5.75 Å². The second-order valence-electron chi connectivity index (χ2n) is 5.46. The number of nitrogens with one attached hydrogen (secondary N) is 1. The van der Waals surface area contributed by atoms with Crippen LogP contribution in [-0.2, 0) is 11.3 Å². The summed E-state index contributed by atoms with van der Waals surface area (Å²) in [7, 11) is 0. The van der Waals surface area contributed by atoms with Gasteiger partial charge in [0.2, 0.25) is 5.43 Å². The van der Waals surface area contributed by atoms with Crippen molar-refractivity contribution in [3.8, 4) is 5.75 Å². The van der Waals surface area contributed by atoms with Crippen molar-refractivity contribution in [3.63, 3.8) is 0 Å². The maximum Gasteiger partial charge on any atom is 0.275 e. The van der Waals surface area contributed by atoms with Gasteiger partial charge in [-0.1, -0.05) is 30.3 Å². The first-order valence-corrected chi connectivity index (χ1v) is 7.69. The van der Waals surface area contributed by atoms with Crippen LogP contribution in [0.1, 0.15) is 17.5 Å². The van der Waals surface area contributed by atoms with E-state index in [0.29, 0.717) is 13.2 Å². The normalized spacial score (nSPS) is 17.5. The molecule has 0 saturated carbocycles. The molecule has 1 aromatic heterocycles. The zero-order valence-corrected chi connectivity index (χ0v) is 13.1. The van der Waals surface area contributed by atoms with Crippen molar-refractivity contribution in [2.24, 2.45) is 5.73 Å². The SMILES string of the molecule is NC1COCCN1C(=O)c1[nH]ccc(=O)c1OCc1ccccc1.[HH]. The molecule has 3 rings (SSSR count). The number of aromatic nitrogens is 1. The largest absolute Gasteiger partial charge is 0.483 e. The first-order valence-electron chi connectivity index (χ1n) is 7.69. The number of amides is 1. The van der Waals surface area contributed by atoms with E-state index in [0.717, 1.165) is 5.56 Å². The van der Waals surface area contributed by atoms with E-state index in [1.807, 2.05) is 30.3 Å². The van der Waals surface area contributed by atoms with Gasteiger partial charge in [0.25, 0.3) is 5.91 Å². The van der Waals surface area contributed by atoms with Gasteiger partial charge >= 0.3 is 0 Å². The number of rotatable bonds is 4. The number of nitrogens with two attached hydrogens (primary N) is 1. The lowest BCUT2D eigenvalue weighted by Crippen LogP contribution is -2.53. The molecule has 1 amide bonds. The predicted octanol–water partition coefficient (Wildman–Crippen LogP) is 0.957. The molecule has 1 atom stereocenters. The molecule has 0 radical (unpaired) electrons. The highest BCUT2D eigenvalue weighted by Crippen LogP contribution is 2.16. The highest BCUT2D eigenvalue weighted by atomic mass is 16.5. The number of aromatic amines is 1. The van der Waals surface area contributed by atoms with E-state index >= 15 is 0 Å². The first-order chi connectivity index (χ1) is 11.7. The van der Waals surface area contributed by atoms with Gasteiger partial charge in [0.05, 0.1) is 13.2 Å². The molecule has 7 nitrogen and oxygen atoms in total. The van der Waals surface area contributed by atoms with E-state index in [-0.39, 0.29) is 37.4 Å². The van der Waals surface area contributed by atoms with Crippen molar-refractivity contribution >= 4 is 5.91 Å². The Labute approximate surface area is 140 Å². The predicted molar refractivity (Wildman–Crippen MR) is 89.8 cm³/mol. The van der Waals surface area contributed by atoms with Gasteiger partial charge in [0, 0.05) is 20.2 Å². The number of carbonyl (C=O) groups excluding carboxylic acids is 1. The van der Waals surface area contributed by atoms with E-state index in [2.05, 4.69) is 4.98 Å². The summed E-state index contributed by atoms with van der Waals surface area (Å²) >= 11 is 0. The molecule has 2 heterocycles. The van der Waals surface area contributed by atoms with Crippen LogP contribution in [0.2, 0.25) is 0 Å². The number of pyridine rings is 1. The van der Waals surface area contributed by atoms with Gasteiger partial charge in [-0.15, -0.1) is 0 Å². The summed E-state index contributed by atoms with van der Waals surface area (Å²) in [4.78, 5) is 29.2. The summed E-state index contributed by atoms with van der Waals surface area (Å²) in [6.45, 7) is 1.25. The molecule has 2 aromatic rings. The van der Waals surface area contributed by atoms with Crippen LogP contribution in [0.25, 0.3) is 0 Å². The molecule has 3 N–H and O–H groups in total. The molecule has 1 saturated heterocycles. The van der Waals surface area contributed by atoms with Crippen LogP contribution in [0.4, 0.5) is 0 Å². The Bertz CT molecular complexity index is 766. The molecule has 1 aromatic carbocycles. The minimum atomic E-state index is -0.545. The van der Waals surface area contributed by atoms with Crippen molar-refractivity contribution in [1.29, 1.82) is 0 Å². The molecule has 0 aliphatic carbocycles. The van der Waals surface area contributed by atoms with E-state index in [4.69, 9.17) is 15.2 Å². The van der Waals surface area contributed by atoms with E-state index in [1.54, 1.807) is 0 Å². The molecular weight excluding hydrogens is 310 g/mol. The van der Waals surface area contributed by atoms with Gasteiger partial charge in [-0.25, -0.2) is 0 Å². The summed E-state index contributed by atoms with van der Waals surface area (Å²) in [5.41, 5.74) is 6.58. The first kappa shape index (κ1) is 16.2. The molecule has 7 heteroatoms. The standard InChI is InChI=1S/C17H19N3O4.H2/c18-14-11-23-9-8-20(14)17(22)15-16(13(21)6-7-19-15)24-10-12-4-2-1-3-5-12;/h1-7,14H,8-11,18H2,(H,19,21);1H. The number of hydrogen-bond donors (Lipinski definition) is 2. The van der Waals surface area contributed by atoms with Gasteiger partial charge in [0.1, 0.15) is 12.8 Å². The third kappa shape index (κ3) is 3.47. The average molecular weight is 331 g/mol. The molecule has 1 unspecified atom stereocenters. The number of morpholine rings is 1. The molecular formula is C17H21N3O4. The van der Waals surface area contributed by atoms with E-state index < -0.39 is 6.17 Å². The molecule has 1 fully saturated rings. The molecule has 128 valence electrons. The van der Waals surface area contributed by atoms with Gasteiger partial charge in [-0.05, 0) is 5.56 Å². The number of nitrogens with zero attached hydrogens (tertiary/aromatic N) is 1. The lowest BCUT2D eigenvalue weighted by atomic mass is 10.2. The van der Waals surface area contributed by atoms with Crippen LogP contribution in [-0.4, -0.2) is 41.7 Å². The quantitative estimate of drug-likeness (QED) is 0.869. The summed E-state index contributed by atoms with van der Waals surface area (Å²) in [5, 5.41) is 0. The van der Waals surface area contributed by atoms with Crippen LogP contribution in [0, 0.1) is 0 Å². The topological polar surface area (TPSA) is 97.6 Å². The highest BCUT2D eigenvalue weighted by Gasteiger charge is 2.28. The number of carbonyl (C=O) groups is 1. The highest BCUT2D eigenvalue weighted by molar-refractivity contribution is 5.95. The summed E-state index contributed by atoms with van der Waals surface area (Å²) in [5.74, 6) is -0.364. The number of hydrogen-bond acceptors (Lipinski definition) is 5. The van der Waals surface area contributed by atoms with Crippen LogP contribution in [0.3, 0.4) is 0 Å². The lowest BCUT2D eigenvalue weighted by molar-refractivity contribution is -0.000461. The van der Waals surface area contributed by atoms with Crippen LogP contribution < -0.4 is 15.9 Å². The summed E-state index contributed by atoms with van der Waals surface area (Å²) in [6.07, 6.45) is 0.883. The second-order valence-corrected chi connectivity index (χ2v) is 5.46. The average Bonchev–Trinajstić information content (AvgIpc) is 2.61. The van der Waals surface area contributed by atoms with Crippen molar-refractivity contribution in [1.82, 2.24) is 9.88 Å². The number of benzene rings is 1. The third-order valence-electron chi connectivity index (χ3n) is 3.78. The fourth-order valence-electron chi connectivity index (χ4n) is 2.52. The van der Waals surface area contributed by atoms with Crippen molar-refractivity contribution in [3.05, 3.63) is 64.1 Å². The Morgan fingerprint density at radius 3 is 2.92 bits per heavy atom. The molecule has 1 aliphatic heterocycles. The Balaban J connectivity index is 0.00000225. The number of H-pyrrole nitrogens is 1. The van der Waals surface area contributed by atoms with E-state index in [1.165, 1.54) is 17.2 Å². The van der Waals surface area contributed by atoms with Gasteiger partial charge in [0.15, 0.2) is 11.4 Å². The number of ether oxygens (including phenoxy) is 2. The zero-order valence-electron chi connectivity index (χ0n) is 13.1. The van der Waals surface area contributed by atoms with Gasteiger partial charge < -0.3 is 25.1 Å². The van der Waals surface area contributed by atoms with Crippen molar-refractivity contribution < 1.29 is 15.7 Å². The minimum Gasteiger partial charge on any atom is -0.483 e. The zero-order chi connectivity index (χ0) is 16.9. The molecule has 1 aliphatic rings. The Hall–Kier alpha value is -2.64. The smallest absolute Gasteiger partial charge is 0.275 e. The van der Waals surface area contributed by atoms with E-state index in [9.17, 15) is 9.59 Å². The second kappa shape index (κ2) is 7.29. The monoisotopic (exact) mass is 331 g/mol. The Morgan fingerprint density at radius 2 is 2.17 bits per heavy atom. The van der Waals surface area contributed by atoms with Crippen molar-refractivity contribution in [2.45, 2.75) is 12.8 Å². The third-order valence-corrected chi connectivity index (χ3v) is 3.78. The molecule has 24 heavy (non-hydrogen) atoms. The van der Waals surface area contributed by atoms with Gasteiger partial charge in [-0.2, -0.15) is 0 Å². The van der Waals surface area contributed by atoms with Crippen molar-refractivity contribution in [2.75, 3.05) is 19.8 Å². The summed E-state index contributed by atoms with van der Waals surface area (Å²) < 4.78 is 10.9. The van der Waals surface area contributed by atoms with Crippen LogP contribution in [0.15, 0.2) is 47.4 Å². The molecule has 0 spiro atoms. The lowest BCUT2D eigenvalue weighted by Gasteiger charge is -2.33. The fraction of sp³-hybridized carbons (Fsp3) is 0.294. The Kier molecular flexibility index (Phi) is 4.93.